The van der Waals surface area contributed by atoms with Crippen LogP contribution in [0.3, 0.4) is 0 Å². The van der Waals surface area contributed by atoms with Gasteiger partial charge in [-0.25, -0.2) is 9.97 Å². The average molecular weight is 266 g/mol. The molecule has 0 aromatic carbocycles. The maximum Gasteiger partial charge on any atom is 0.216 e. The van der Waals surface area contributed by atoms with Crippen molar-refractivity contribution in [1.29, 1.82) is 0 Å². The minimum Gasteiger partial charge on any atom is -0.356 e. The molecule has 18 heavy (non-hydrogen) atoms. The van der Waals surface area contributed by atoms with Crippen LogP contribution < -0.4 is 10.2 Å². The van der Waals surface area contributed by atoms with Crippen LogP contribution in [0.4, 0.5) is 5.82 Å². The van der Waals surface area contributed by atoms with Crippen molar-refractivity contribution in [3.63, 3.8) is 0 Å². The molecule has 1 saturated heterocycles. The molecule has 6 heteroatoms. The van der Waals surface area contributed by atoms with Crippen molar-refractivity contribution in [3.05, 3.63) is 12.4 Å². The van der Waals surface area contributed by atoms with E-state index in [9.17, 15) is 4.79 Å². The van der Waals surface area contributed by atoms with Gasteiger partial charge in [0.15, 0.2) is 5.82 Å². The molecule has 5 nitrogen and oxygen atoms in total. The van der Waals surface area contributed by atoms with Gasteiger partial charge in [-0.2, -0.15) is 0 Å². The Morgan fingerprint density at radius 3 is 2.83 bits per heavy atom. The molecule has 0 radical (unpaired) electrons. The Hall–Kier alpha value is -1.30. The lowest BCUT2D eigenvalue weighted by Gasteiger charge is -2.18. The minimum atomic E-state index is 0.00881. The fourth-order valence-corrected chi connectivity index (χ4v) is 2.78. The van der Waals surface area contributed by atoms with Gasteiger partial charge in [-0.3, -0.25) is 4.79 Å². The van der Waals surface area contributed by atoms with Gasteiger partial charge >= 0.3 is 0 Å². The molecule has 2 heterocycles. The smallest absolute Gasteiger partial charge is 0.216 e. The van der Waals surface area contributed by atoms with E-state index in [2.05, 4.69) is 20.2 Å². The number of rotatable bonds is 5. The van der Waals surface area contributed by atoms with Crippen molar-refractivity contribution in [2.45, 2.75) is 24.8 Å². The molecule has 0 spiro atoms. The Morgan fingerprint density at radius 2 is 2.11 bits per heavy atom. The lowest BCUT2D eigenvalue weighted by molar-refractivity contribution is -0.118. The highest BCUT2D eigenvalue weighted by molar-refractivity contribution is 7.99. The van der Waals surface area contributed by atoms with Crippen molar-refractivity contribution in [1.82, 2.24) is 15.3 Å². The zero-order valence-electron chi connectivity index (χ0n) is 10.6. The van der Waals surface area contributed by atoms with Gasteiger partial charge in [-0.1, -0.05) is 0 Å². The second-order valence-corrected chi connectivity index (χ2v) is 5.29. The number of carbonyl (C=O) groups excluding carboxylic acids is 1. The quantitative estimate of drug-likeness (QED) is 0.643. The topological polar surface area (TPSA) is 58.1 Å². The van der Waals surface area contributed by atoms with E-state index < -0.39 is 0 Å². The number of thioether (sulfide) groups is 1. The van der Waals surface area contributed by atoms with Crippen molar-refractivity contribution in [3.8, 4) is 0 Å². The van der Waals surface area contributed by atoms with Gasteiger partial charge in [0.1, 0.15) is 5.03 Å². The number of aromatic nitrogens is 2. The van der Waals surface area contributed by atoms with Crippen molar-refractivity contribution < 1.29 is 4.79 Å². The first-order valence-electron chi connectivity index (χ1n) is 6.20. The highest BCUT2D eigenvalue weighted by atomic mass is 32.2. The van der Waals surface area contributed by atoms with Crippen LogP contribution in [0.15, 0.2) is 17.4 Å². The lowest BCUT2D eigenvalue weighted by Crippen LogP contribution is -2.23. The van der Waals surface area contributed by atoms with E-state index in [-0.39, 0.29) is 5.91 Å². The molecule has 98 valence electrons. The van der Waals surface area contributed by atoms with Crippen LogP contribution in [-0.4, -0.2) is 41.3 Å². The van der Waals surface area contributed by atoms with E-state index in [1.165, 1.54) is 19.8 Å². The largest absolute Gasteiger partial charge is 0.356 e. The fraction of sp³-hybridized carbons (Fsp3) is 0.583. The molecular weight excluding hydrogens is 248 g/mol. The van der Waals surface area contributed by atoms with Gasteiger partial charge in [0, 0.05) is 44.7 Å². The predicted molar refractivity (Wildman–Crippen MR) is 72.9 cm³/mol. The number of hydrogen-bond acceptors (Lipinski definition) is 5. The molecule has 0 atom stereocenters. The Morgan fingerprint density at radius 1 is 1.39 bits per heavy atom. The first-order valence-corrected chi connectivity index (χ1v) is 7.19. The predicted octanol–water partition coefficient (Wildman–Crippen LogP) is 1.30. The number of hydrogen-bond donors (Lipinski definition) is 1. The van der Waals surface area contributed by atoms with Crippen LogP contribution in [0.25, 0.3) is 0 Å². The zero-order valence-corrected chi connectivity index (χ0v) is 11.4. The summed E-state index contributed by atoms with van der Waals surface area (Å²) >= 11 is 1.65. The summed E-state index contributed by atoms with van der Waals surface area (Å²) in [6.45, 7) is 4.33. The summed E-state index contributed by atoms with van der Waals surface area (Å²) in [6.07, 6.45) is 5.92. The third-order valence-corrected chi connectivity index (χ3v) is 3.74. The van der Waals surface area contributed by atoms with Crippen LogP contribution in [0.5, 0.6) is 0 Å². The Bertz CT molecular complexity index is 407. The van der Waals surface area contributed by atoms with E-state index in [1.807, 2.05) is 0 Å². The molecule has 0 bridgehead atoms. The van der Waals surface area contributed by atoms with Gasteiger partial charge in [-0.05, 0) is 12.8 Å². The molecular formula is C12H18N4OS. The molecule has 0 saturated carbocycles. The van der Waals surface area contributed by atoms with Crippen molar-refractivity contribution in [2.75, 3.05) is 30.3 Å². The highest BCUT2D eigenvalue weighted by Gasteiger charge is 2.17. The summed E-state index contributed by atoms with van der Waals surface area (Å²) < 4.78 is 0. The molecule has 1 aliphatic rings. The third-order valence-electron chi connectivity index (χ3n) is 2.77. The molecule has 1 fully saturated rings. The van der Waals surface area contributed by atoms with E-state index in [4.69, 9.17) is 0 Å². The third kappa shape index (κ3) is 3.60. The van der Waals surface area contributed by atoms with Crippen LogP contribution in [0, 0.1) is 0 Å². The molecule has 1 aliphatic heterocycles. The van der Waals surface area contributed by atoms with E-state index in [0.717, 1.165) is 29.7 Å². The molecule has 1 aromatic rings. The van der Waals surface area contributed by atoms with E-state index in [1.54, 1.807) is 24.2 Å². The van der Waals surface area contributed by atoms with Gasteiger partial charge in [-0.15, -0.1) is 11.8 Å². The van der Waals surface area contributed by atoms with Crippen LogP contribution in [0.1, 0.15) is 19.8 Å². The monoisotopic (exact) mass is 266 g/mol. The Balaban J connectivity index is 1.92. The second-order valence-electron chi connectivity index (χ2n) is 4.21. The Kier molecular flexibility index (Phi) is 4.81. The number of anilines is 1. The highest BCUT2D eigenvalue weighted by Crippen LogP contribution is 2.27. The summed E-state index contributed by atoms with van der Waals surface area (Å²) in [4.78, 5) is 21.9. The van der Waals surface area contributed by atoms with Gasteiger partial charge < -0.3 is 10.2 Å². The molecule has 2 rings (SSSR count). The van der Waals surface area contributed by atoms with Crippen molar-refractivity contribution >= 4 is 23.5 Å². The zero-order chi connectivity index (χ0) is 12.8. The van der Waals surface area contributed by atoms with Crippen LogP contribution >= 0.6 is 11.8 Å². The number of nitrogens with one attached hydrogen (secondary N) is 1. The maximum atomic E-state index is 10.8. The van der Waals surface area contributed by atoms with Crippen molar-refractivity contribution in [2.24, 2.45) is 0 Å². The van der Waals surface area contributed by atoms with E-state index in [0.29, 0.717) is 6.54 Å². The molecule has 1 N–H and O–H groups in total. The van der Waals surface area contributed by atoms with Gasteiger partial charge in [0.05, 0.1) is 0 Å². The first-order chi connectivity index (χ1) is 8.77. The van der Waals surface area contributed by atoms with Gasteiger partial charge in [0.25, 0.3) is 0 Å². The fourth-order valence-electron chi connectivity index (χ4n) is 1.94. The lowest BCUT2D eigenvalue weighted by atomic mass is 10.4. The van der Waals surface area contributed by atoms with Crippen LogP contribution in [-0.2, 0) is 4.79 Å². The SMILES string of the molecule is CC(=O)NCCSc1nccnc1N1CCCC1. The normalized spacial score (nSPS) is 14.8. The summed E-state index contributed by atoms with van der Waals surface area (Å²) in [5.74, 6) is 1.82. The molecule has 0 unspecified atom stereocenters. The molecule has 0 aliphatic carbocycles. The number of carbonyl (C=O) groups is 1. The second kappa shape index (κ2) is 6.58. The summed E-state index contributed by atoms with van der Waals surface area (Å²) in [5, 5.41) is 3.75. The standard InChI is InChI=1S/C12H18N4OS/c1-10(17)13-6-9-18-12-11(14-4-5-15-12)16-7-2-3-8-16/h4-5H,2-3,6-9H2,1H3,(H,13,17). The first kappa shape index (κ1) is 13.1. The summed E-state index contributed by atoms with van der Waals surface area (Å²) in [6, 6.07) is 0. The summed E-state index contributed by atoms with van der Waals surface area (Å²) in [7, 11) is 0. The van der Waals surface area contributed by atoms with Gasteiger partial charge in [0.2, 0.25) is 5.91 Å². The summed E-state index contributed by atoms with van der Waals surface area (Å²) in [5.41, 5.74) is 0. The number of amides is 1. The maximum absolute atomic E-state index is 10.8. The van der Waals surface area contributed by atoms with Crippen LogP contribution in [0.2, 0.25) is 0 Å². The molecule has 1 aromatic heterocycles. The Labute approximate surface area is 111 Å². The average Bonchev–Trinajstić information content (AvgIpc) is 2.88. The van der Waals surface area contributed by atoms with E-state index >= 15 is 0 Å². The minimum absolute atomic E-state index is 0.00881. The molecule has 1 amide bonds. The number of nitrogens with zero attached hydrogens (tertiary/aromatic N) is 3.